The minimum absolute atomic E-state index is 0.184. The number of thiazole rings is 1. The monoisotopic (exact) mass is 266 g/mol. The number of aromatic nitrogens is 1. The van der Waals surface area contributed by atoms with Crippen LogP contribution in [0.3, 0.4) is 0 Å². The van der Waals surface area contributed by atoms with Crippen LogP contribution in [0.25, 0.3) is 11.3 Å². The minimum Gasteiger partial charge on any atom is -0.494 e. The van der Waals surface area contributed by atoms with Crippen LogP contribution in [0, 0.1) is 5.82 Å². The van der Waals surface area contributed by atoms with Gasteiger partial charge in [0.25, 0.3) is 0 Å². The van der Waals surface area contributed by atoms with Crippen molar-refractivity contribution < 1.29 is 13.9 Å². The van der Waals surface area contributed by atoms with Crippen molar-refractivity contribution >= 4 is 22.4 Å². The zero-order chi connectivity index (χ0) is 13.1. The number of carbonyl (C=O) groups excluding carboxylic acids is 1. The molecule has 0 bridgehead atoms. The van der Waals surface area contributed by atoms with E-state index in [9.17, 15) is 9.18 Å². The normalized spacial score (nSPS) is 10.2. The first-order chi connectivity index (χ1) is 8.60. The van der Waals surface area contributed by atoms with E-state index in [0.717, 1.165) is 0 Å². The van der Waals surface area contributed by atoms with Gasteiger partial charge < -0.3 is 10.1 Å². The van der Waals surface area contributed by atoms with Crippen LogP contribution in [-0.2, 0) is 4.79 Å². The molecule has 0 aliphatic carbocycles. The van der Waals surface area contributed by atoms with Crippen molar-refractivity contribution in [2.24, 2.45) is 0 Å². The van der Waals surface area contributed by atoms with E-state index < -0.39 is 5.82 Å². The average Bonchev–Trinajstić information content (AvgIpc) is 2.76. The van der Waals surface area contributed by atoms with Gasteiger partial charge in [0.05, 0.1) is 12.8 Å². The van der Waals surface area contributed by atoms with Crippen LogP contribution in [0.5, 0.6) is 5.75 Å². The van der Waals surface area contributed by atoms with Crippen LogP contribution in [0.15, 0.2) is 23.6 Å². The molecule has 1 N–H and O–H groups in total. The molecule has 0 aliphatic rings. The lowest BCUT2D eigenvalue weighted by Crippen LogP contribution is -2.04. The molecule has 0 saturated heterocycles. The lowest BCUT2D eigenvalue weighted by Gasteiger charge is -2.03. The van der Waals surface area contributed by atoms with E-state index in [4.69, 9.17) is 4.74 Å². The van der Waals surface area contributed by atoms with Crippen LogP contribution >= 0.6 is 11.3 Å². The fraction of sp³-hybridized carbons (Fsp3) is 0.167. The van der Waals surface area contributed by atoms with Crippen molar-refractivity contribution in [2.75, 3.05) is 12.4 Å². The van der Waals surface area contributed by atoms with Crippen molar-refractivity contribution in [3.8, 4) is 17.0 Å². The van der Waals surface area contributed by atoms with Crippen LogP contribution in [0.1, 0.15) is 6.92 Å². The second-order valence-electron chi connectivity index (χ2n) is 3.57. The Bertz CT molecular complexity index is 583. The molecule has 2 rings (SSSR count). The van der Waals surface area contributed by atoms with Gasteiger partial charge in [0, 0.05) is 17.9 Å². The van der Waals surface area contributed by atoms with Crippen molar-refractivity contribution in [1.29, 1.82) is 0 Å². The first-order valence-electron chi connectivity index (χ1n) is 5.17. The first-order valence-corrected chi connectivity index (χ1v) is 6.05. The van der Waals surface area contributed by atoms with Gasteiger partial charge in [-0.15, -0.1) is 11.3 Å². The maximum absolute atomic E-state index is 13.5. The molecular formula is C12H11FN2O2S. The van der Waals surface area contributed by atoms with Crippen LogP contribution in [0.4, 0.5) is 9.52 Å². The lowest BCUT2D eigenvalue weighted by atomic mass is 10.1. The molecule has 1 heterocycles. The molecule has 2 aromatic rings. The van der Waals surface area contributed by atoms with Crippen LogP contribution < -0.4 is 10.1 Å². The van der Waals surface area contributed by atoms with E-state index in [1.807, 2.05) is 0 Å². The number of benzene rings is 1. The van der Waals surface area contributed by atoms with Gasteiger partial charge in [-0.25, -0.2) is 9.37 Å². The fourth-order valence-electron chi connectivity index (χ4n) is 1.44. The smallest absolute Gasteiger partial charge is 0.223 e. The molecule has 18 heavy (non-hydrogen) atoms. The Labute approximate surface area is 107 Å². The molecule has 0 radical (unpaired) electrons. The highest BCUT2D eigenvalue weighted by Crippen LogP contribution is 2.28. The van der Waals surface area contributed by atoms with E-state index in [2.05, 4.69) is 10.3 Å². The third kappa shape index (κ3) is 2.65. The number of nitrogens with zero attached hydrogens (tertiary/aromatic N) is 1. The molecular weight excluding hydrogens is 255 g/mol. The van der Waals surface area contributed by atoms with Gasteiger partial charge in [-0.05, 0) is 18.2 Å². The number of amides is 1. The second-order valence-corrected chi connectivity index (χ2v) is 4.43. The largest absolute Gasteiger partial charge is 0.494 e. The van der Waals surface area contributed by atoms with E-state index >= 15 is 0 Å². The third-order valence-corrected chi connectivity index (χ3v) is 2.99. The number of anilines is 1. The molecule has 0 atom stereocenters. The molecule has 6 heteroatoms. The standard InChI is InChI=1S/C12H11FN2O2S/c1-7(16)14-12-15-10(6-18-12)8-3-4-11(17-2)9(13)5-8/h3-6H,1-2H3,(H,14,15,16). The summed E-state index contributed by atoms with van der Waals surface area (Å²) in [6.45, 7) is 1.41. The molecule has 0 aliphatic heterocycles. The number of nitrogens with one attached hydrogen (secondary N) is 1. The average molecular weight is 266 g/mol. The first kappa shape index (κ1) is 12.5. The number of rotatable bonds is 3. The number of ether oxygens (including phenoxy) is 1. The van der Waals surface area contributed by atoms with E-state index in [1.54, 1.807) is 17.5 Å². The predicted octanol–water partition coefficient (Wildman–Crippen LogP) is 2.92. The topological polar surface area (TPSA) is 51.2 Å². The Morgan fingerprint density at radius 2 is 2.28 bits per heavy atom. The molecule has 0 saturated carbocycles. The number of carbonyl (C=O) groups is 1. The summed E-state index contributed by atoms with van der Waals surface area (Å²) in [5, 5.41) is 4.83. The summed E-state index contributed by atoms with van der Waals surface area (Å²) >= 11 is 1.29. The number of hydrogen-bond acceptors (Lipinski definition) is 4. The van der Waals surface area contributed by atoms with Gasteiger partial charge in [-0.2, -0.15) is 0 Å². The molecule has 0 spiro atoms. The van der Waals surface area contributed by atoms with Gasteiger partial charge >= 0.3 is 0 Å². The van der Waals surface area contributed by atoms with Gasteiger partial charge in [0.15, 0.2) is 16.7 Å². The third-order valence-electron chi connectivity index (χ3n) is 2.23. The van der Waals surface area contributed by atoms with E-state index in [0.29, 0.717) is 16.4 Å². The molecule has 1 aromatic carbocycles. The Balaban J connectivity index is 2.28. The zero-order valence-electron chi connectivity index (χ0n) is 9.86. The number of halogens is 1. The van der Waals surface area contributed by atoms with E-state index in [1.165, 1.54) is 31.4 Å². The van der Waals surface area contributed by atoms with Crippen LogP contribution in [0.2, 0.25) is 0 Å². The molecule has 0 fully saturated rings. The zero-order valence-corrected chi connectivity index (χ0v) is 10.7. The predicted molar refractivity (Wildman–Crippen MR) is 68.4 cm³/mol. The molecule has 4 nitrogen and oxygen atoms in total. The van der Waals surface area contributed by atoms with Crippen molar-refractivity contribution in [1.82, 2.24) is 4.98 Å². The summed E-state index contributed by atoms with van der Waals surface area (Å²) in [5.41, 5.74) is 1.26. The SMILES string of the molecule is COc1ccc(-c2csc(NC(C)=O)n2)cc1F. The molecule has 1 aromatic heterocycles. The number of hydrogen-bond donors (Lipinski definition) is 1. The highest BCUT2D eigenvalue weighted by atomic mass is 32.1. The summed E-state index contributed by atoms with van der Waals surface area (Å²) in [4.78, 5) is 15.1. The minimum atomic E-state index is -0.441. The Morgan fingerprint density at radius 3 is 2.89 bits per heavy atom. The molecule has 94 valence electrons. The summed E-state index contributed by atoms with van der Waals surface area (Å²) in [6, 6.07) is 4.61. The summed E-state index contributed by atoms with van der Waals surface area (Å²) in [7, 11) is 1.41. The molecule has 1 amide bonds. The highest BCUT2D eigenvalue weighted by molar-refractivity contribution is 7.14. The second kappa shape index (κ2) is 5.14. The Morgan fingerprint density at radius 1 is 1.50 bits per heavy atom. The number of methoxy groups -OCH3 is 1. The fourth-order valence-corrected chi connectivity index (χ4v) is 2.21. The Kier molecular flexibility index (Phi) is 3.57. The summed E-state index contributed by atoms with van der Waals surface area (Å²) < 4.78 is 18.4. The maximum atomic E-state index is 13.5. The van der Waals surface area contributed by atoms with Crippen LogP contribution in [-0.4, -0.2) is 18.0 Å². The highest BCUT2D eigenvalue weighted by Gasteiger charge is 2.09. The quantitative estimate of drug-likeness (QED) is 0.929. The van der Waals surface area contributed by atoms with Gasteiger partial charge in [-0.3, -0.25) is 4.79 Å². The Hall–Kier alpha value is -1.95. The van der Waals surface area contributed by atoms with Crippen molar-refractivity contribution in [3.05, 3.63) is 29.4 Å². The van der Waals surface area contributed by atoms with E-state index in [-0.39, 0.29) is 11.7 Å². The summed E-state index contributed by atoms with van der Waals surface area (Å²) in [5.74, 6) is -0.433. The van der Waals surface area contributed by atoms with Crippen molar-refractivity contribution in [2.45, 2.75) is 6.92 Å². The van der Waals surface area contributed by atoms with Gasteiger partial charge in [0.1, 0.15) is 0 Å². The van der Waals surface area contributed by atoms with Gasteiger partial charge in [-0.1, -0.05) is 0 Å². The molecule has 0 unspecified atom stereocenters. The lowest BCUT2D eigenvalue weighted by molar-refractivity contribution is -0.114. The summed E-state index contributed by atoms with van der Waals surface area (Å²) in [6.07, 6.45) is 0. The van der Waals surface area contributed by atoms with Gasteiger partial charge in [0.2, 0.25) is 5.91 Å². The maximum Gasteiger partial charge on any atom is 0.223 e. The van der Waals surface area contributed by atoms with Crippen molar-refractivity contribution in [3.63, 3.8) is 0 Å².